The number of rotatable bonds is 5. The Kier molecular flexibility index (Phi) is 4.50. The van der Waals surface area contributed by atoms with Crippen LogP contribution in [0, 0.1) is 5.92 Å². The Labute approximate surface area is 161 Å². The Morgan fingerprint density at radius 3 is 2.41 bits per heavy atom. The van der Waals surface area contributed by atoms with Crippen molar-refractivity contribution in [3.63, 3.8) is 0 Å². The largest absolute Gasteiger partial charge is 0.481 e. The first-order valence-corrected chi connectivity index (χ1v) is 9.61. The van der Waals surface area contributed by atoms with Crippen molar-refractivity contribution >= 4 is 35.3 Å². The molecule has 8 heteroatoms. The van der Waals surface area contributed by atoms with E-state index >= 15 is 0 Å². The van der Waals surface area contributed by atoms with E-state index in [0.29, 0.717) is 10.7 Å². The Morgan fingerprint density at radius 2 is 1.85 bits per heavy atom. The minimum atomic E-state index is -1.01. The van der Waals surface area contributed by atoms with E-state index in [4.69, 9.17) is 16.7 Å². The second-order valence-corrected chi connectivity index (χ2v) is 7.97. The van der Waals surface area contributed by atoms with E-state index in [0.717, 1.165) is 31.2 Å². The molecule has 2 saturated carbocycles. The van der Waals surface area contributed by atoms with Crippen molar-refractivity contribution in [1.29, 1.82) is 0 Å². The second-order valence-electron chi connectivity index (χ2n) is 7.54. The van der Waals surface area contributed by atoms with Crippen molar-refractivity contribution in [2.45, 2.75) is 56.7 Å². The van der Waals surface area contributed by atoms with Crippen LogP contribution in [0.15, 0.2) is 18.2 Å². The summed E-state index contributed by atoms with van der Waals surface area (Å²) in [5, 5.41) is 19.1. The standard InChI is InChI=1S/C19H21ClN2O5/c20-10-1-4-13-15(9-10)22(19(26)27)14-6-5-12(14)18(13)21(11-2-3-11)16(23)7-8-17(24)25/h1,4,9,11-12,14,18H,2-3,5-8H2,(H,24,25)(H,26,27)/t12-,14+,18-/m0/s1. The van der Waals surface area contributed by atoms with Gasteiger partial charge in [0, 0.05) is 29.4 Å². The zero-order valence-electron chi connectivity index (χ0n) is 14.7. The molecule has 1 aromatic carbocycles. The van der Waals surface area contributed by atoms with E-state index in [1.54, 1.807) is 12.1 Å². The van der Waals surface area contributed by atoms with E-state index in [2.05, 4.69) is 0 Å². The number of anilines is 1. The lowest BCUT2D eigenvalue weighted by Crippen LogP contribution is -2.59. The number of carboxylic acids is 1. The van der Waals surface area contributed by atoms with E-state index < -0.39 is 12.1 Å². The van der Waals surface area contributed by atoms with E-state index in [9.17, 15) is 19.5 Å². The molecule has 3 aliphatic rings. The summed E-state index contributed by atoms with van der Waals surface area (Å²) in [6.07, 6.45) is 2.15. The number of aliphatic carboxylic acids is 1. The minimum absolute atomic E-state index is 0.0316. The molecule has 3 atom stereocenters. The van der Waals surface area contributed by atoms with Gasteiger partial charge in [-0.2, -0.15) is 0 Å². The van der Waals surface area contributed by atoms with Crippen LogP contribution in [-0.4, -0.2) is 45.2 Å². The van der Waals surface area contributed by atoms with Crippen LogP contribution in [0.25, 0.3) is 0 Å². The van der Waals surface area contributed by atoms with Gasteiger partial charge in [0.15, 0.2) is 0 Å². The maximum Gasteiger partial charge on any atom is 0.412 e. The molecule has 4 rings (SSSR count). The minimum Gasteiger partial charge on any atom is -0.481 e. The SMILES string of the molecule is O=C(O)CCC(=O)N(C1CC1)[C@@H]1c2ccc(Cl)cc2N(C(=O)O)[C@@H]2CC[C@@H]21. The average Bonchev–Trinajstić information content (AvgIpc) is 3.39. The first-order valence-electron chi connectivity index (χ1n) is 9.23. The molecule has 0 unspecified atom stereocenters. The molecule has 7 nitrogen and oxygen atoms in total. The van der Waals surface area contributed by atoms with Crippen molar-refractivity contribution in [2.75, 3.05) is 4.90 Å². The second kappa shape index (κ2) is 6.71. The Bertz CT molecular complexity index is 809. The third-order valence-corrected chi connectivity index (χ3v) is 6.12. The van der Waals surface area contributed by atoms with Crippen LogP contribution in [-0.2, 0) is 9.59 Å². The maximum atomic E-state index is 12.9. The lowest BCUT2D eigenvalue weighted by Gasteiger charge is -2.54. The van der Waals surface area contributed by atoms with Crippen molar-refractivity contribution < 1.29 is 24.6 Å². The molecule has 1 aromatic rings. The molecule has 2 amide bonds. The summed E-state index contributed by atoms with van der Waals surface area (Å²) in [6.45, 7) is 0. The smallest absolute Gasteiger partial charge is 0.412 e. The summed E-state index contributed by atoms with van der Waals surface area (Å²) in [5.74, 6) is -1.13. The zero-order valence-corrected chi connectivity index (χ0v) is 15.4. The number of carbonyl (C=O) groups excluding carboxylic acids is 1. The maximum absolute atomic E-state index is 12.9. The summed E-state index contributed by atoms with van der Waals surface area (Å²) in [5.41, 5.74) is 1.33. The van der Waals surface area contributed by atoms with Gasteiger partial charge in [0.05, 0.1) is 18.2 Å². The van der Waals surface area contributed by atoms with Crippen molar-refractivity contribution in [3.05, 3.63) is 28.8 Å². The van der Waals surface area contributed by atoms with Gasteiger partial charge in [-0.05, 0) is 43.4 Å². The van der Waals surface area contributed by atoms with Crippen molar-refractivity contribution in [3.8, 4) is 0 Å². The van der Waals surface area contributed by atoms with Crippen molar-refractivity contribution in [2.24, 2.45) is 5.92 Å². The molecule has 144 valence electrons. The highest BCUT2D eigenvalue weighted by molar-refractivity contribution is 6.31. The molecule has 0 bridgehead atoms. The van der Waals surface area contributed by atoms with E-state index in [1.807, 2.05) is 11.0 Å². The van der Waals surface area contributed by atoms with Gasteiger partial charge >= 0.3 is 12.1 Å². The average molecular weight is 393 g/mol. The van der Waals surface area contributed by atoms with Crippen molar-refractivity contribution in [1.82, 2.24) is 4.90 Å². The Hall–Kier alpha value is -2.28. The van der Waals surface area contributed by atoms with Gasteiger partial charge in [0.2, 0.25) is 5.91 Å². The molecule has 1 aliphatic heterocycles. The lowest BCUT2D eigenvalue weighted by atomic mass is 9.68. The number of hydrogen-bond acceptors (Lipinski definition) is 3. The number of carbonyl (C=O) groups is 3. The molecular weight excluding hydrogens is 372 g/mol. The number of hydrogen-bond donors (Lipinski definition) is 2. The van der Waals surface area contributed by atoms with Gasteiger partial charge in [-0.3, -0.25) is 14.5 Å². The Morgan fingerprint density at radius 1 is 1.11 bits per heavy atom. The lowest BCUT2D eigenvalue weighted by molar-refractivity contribution is -0.143. The quantitative estimate of drug-likeness (QED) is 0.798. The fraction of sp³-hybridized carbons (Fsp3) is 0.526. The predicted molar refractivity (Wildman–Crippen MR) is 97.9 cm³/mol. The molecule has 0 radical (unpaired) electrons. The predicted octanol–water partition coefficient (Wildman–Crippen LogP) is 3.51. The third-order valence-electron chi connectivity index (χ3n) is 5.88. The fourth-order valence-electron chi connectivity index (χ4n) is 4.46. The number of nitrogens with zero attached hydrogens (tertiary/aromatic N) is 2. The first kappa shape index (κ1) is 18.1. The van der Waals surface area contributed by atoms with Gasteiger partial charge in [0.1, 0.15) is 0 Å². The molecule has 0 spiro atoms. The van der Waals surface area contributed by atoms with E-state index in [1.165, 1.54) is 4.90 Å². The summed E-state index contributed by atoms with van der Waals surface area (Å²) in [4.78, 5) is 38.9. The number of carboxylic acid groups (broad SMARTS) is 2. The van der Waals surface area contributed by atoms with Crippen LogP contribution in [0.2, 0.25) is 5.02 Å². The van der Waals surface area contributed by atoms with E-state index in [-0.39, 0.29) is 42.8 Å². The number of fused-ring (bicyclic) bond motifs is 2. The monoisotopic (exact) mass is 392 g/mol. The molecule has 0 aromatic heterocycles. The molecule has 2 N–H and O–H groups in total. The van der Waals surface area contributed by atoms with Gasteiger partial charge in [-0.1, -0.05) is 17.7 Å². The molecule has 0 saturated heterocycles. The molecule has 1 heterocycles. The van der Waals surface area contributed by atoms with Gasteiger partial charge in [0.25, 0.3) is 0 Å². The Balaban J connectivity index is 1.74. The zero-order chi connectivity index (χ0) is 19.3. The highest BCUT2D eigenvalue weighted by atomic mass is 35.5. The summed E-state index contributed by atoms with van der Waals surface area (Å²) in [7, 11) is 0. The van der Waals surface area contributed by atoms with Gasteiger partial charge < -0.3 is 15.1 Å². The van der Waals surface area contributed by atoms with Crippen LogP contribution in [0.5, 0.6) is 0 Å². The van der Waals surface area contributed by atoms with Crippen LogP contribution in [0.3, 0.4) is 0 Å². The number of halogens is 1. The highest BCUT2D eigenvalue weighted by Crippen LogP contribution is 2.54. The molecular formula is C19H21ClN2O5. The summed E-state index contributed by atoms with van der Waals surface area (Å²) in [6, 6.07) is 4.90. The van der Waals surface area contributed by atoms with Crippen LogP contribution in [0.1, 0.15) is 50.1 Å². The normalized spacial score (nSPS) is 25.8. The van der Waals surface area contributed by atoms with Gasteiger partial charge in [-0.25, -0.2) is 4.79 Å². The summed E-state index contributed by atoms with van der Waals surface area (Å²) >= 11 is 6.13. The number of benzene rings is 1. The number of amides is 2. The molecule has 2 fully saturated rings. The molecule has 2 aliphatic carbocycles. The first-order chi connectivity index (χ1) is 12.9. The molecule has 27 heavy (non-hydrogen) atoms. The fourth-order valence-corrected chi connectivity index (χ4v) is 4.63. The topological polar surface area (TPSA) is 98.2 Å². The summed E-state index contributed by atoms with van der Waals surface area (Å²) < 4.78 is 0. The van der Waals surface area contributed by atoms with Gasteiger partial charge in [-0.15, -0.1) is 0 Å². The highest BCUT2D eigenvalue weighted by Gasteiger charge is 2.53. The third kappa shape index (κ3) is 3.14. The van der Waals surface area contributed by atoms with Crippen LogP contribution < -0.4 is 4.90 Å². The van der Waals surface area contributed by atoms with Crippen LogP contribution >= 0.6 is 11.6 Å². The van der Waals surface area contributed by atoms with Crippen LogP contribution in [0.4, 0.5) is 10.5 Å².